The van der Waals surface area contributed by atoms with E-state index in [9.17, 15) is 4.79 Å². The zero-order valence-electron chi connectivity index (χ0n) is 12.3. The van der Waals surface area contributed by atoms with Gasteiger partial charge >= 0.3 is 0 Å². The first kappa shape index (κ1) is 12.7. The molecule has 4 nitrogen and oxygen atoms in total. The fourth-order valence-electron chi connectivity index (χ4n) is 5.48. The Kier molecular flexibility index (Phi) is 2.69. The molecular weight excluding hydrogens is 250 g/mol. The first-order chi connectivity index (χ1) is 9.59. The molecule has 4 aliphatic rings. The van der Waals surface area contributed by atoms with Crippen LogP contribution in [0.25, 0.3) is 0 Å². The number of aromatic nitrogens is 2. The van der Waals surface area contributed by atoms with Gasteiger partial charge in [0.15, 0.2) is 0 Å². The van der Waals surface area contributed by atoms with E-state index in [1.165, 1.54) is 38.5 Å². The number of H-pyrrole nitrogens is 1. The van der Waals surface area contributed by atoms with E-state index < -0.39 is 0 Å². The predicted octanol–water partition coefficient (Wildman–Crippen LogP) is 2.16. The normalized spacial score (nSPS) is 40.2. The molecule has 0 spiro atoms. The topological polar surface area (TPSA) is 63.8 Å². The van der Waals surface area contributed by atoms with E-state index in [2.05, 4.69) is 12.0 Å². The van der Waals surface area contributed by atoms with E-state index in [1.54, 1.807) is 6.07 Å². The average Bonchev–Trinajstić information content (AvgIpc) is 2.79. The van der Waals surface area contributed by atoms with Crippen molar-refractivity contribution < 1.29 is 0 Å². The summed E-state index contributed by atoms with van der Waals surface area (Å²) in [6.45, 7) is 2.66. The fraction of sp³-hybridized carbons (Fsp3) is 0.812. The molecule has 4 aliphatic carbocycles. The number of aromatic amines is 1. The molecule has 0 amide bonds. The summed E-state index contributed by atoms with van der Waals surface area (Å²) < 4.78 is 1.99. The van der Waals surface area contributed by atoms with Crippen LogP contribution in [0.3, 0.4) is 0 Å². The summed E-state index contributed by atoms with van der Waals surface area (Å²) in [6, 6.07) is 1.77. The van der Waals surface area contributed by atoms with Gasteiger partial charge in [-0.25, -0.2) is 4.68 Å². The molecule has 4 saturated carbocycles. The molecule has 1 atom stereocenters. The molecule has 4 fully saturated rings. The monoisotopic (exact) mass is 275 g/mol. The quantitative estimate of drug-likeness (QED) is 0.888. The third-order valence-electron chi connectivity index (χ3n) is 6.10. The largest absolute Gasteiger partial charge is 0.330 e. The molecule has 0 aromatic carbocycles. The molecule has 110 valence electrons. The van der Waals surface area contributed by atoms with Gasteiger partial charge in [-0.3, -0.25) is 9.89 Å². The Morgan fingerprint density at radius 2 is 1.85 bits per heavy atom. The first-order valence-electron chi connectivity index (χ1n) is 8.12. The van der Waals surface area contributed by atoms with Gasteiger partial charge in [0.2, 0.25) is 0 Å². The van der Waals surface area contributed by atoms with Crippen LogP contribution in [-0.2, 0) is 5.54 Å². The van der Waals surface area contributed by atoms with Crippen LogP contribution in [0, 0.1) is 17.8 Å². The van der Waals surface area contributed by atoms with E-state index in [0.717, 1.165) is 23.4 Å². The molecule has 1 aromatic heterocycles. The van der Waals surface area contributed by atoms with Crippen LogP contribution in [0.1, 0.15) is 57.1 Å². The minimum Gasteiger partial charge on any atom is -0.330 e. The second kappa shape index (κ2) is 4.23. The van der Waals surface area contributed by atoms with Crippen LogP contribution in [0.15, 0.2) is 10.9 Å². The van der Waals surface area contributed by atoms with E-state index >= 15 is 0 Å². The molecule has 5 rings (SSSR count). The molecule has 0 aliphatic heterocycles. The molecule has 3 N–H and O–H groups in total. The molecule has 0 saturated heterocycles. The van der Waals surface area contributed by atoms with Crippen molar-refractivity contribution in [2.45, 2.75) is 56.9 Å². The summed E-state index contributed by atoms with van der Waals surface area (Å²) in [5, 5.41) is 3.41. The number of hydrogen-bond donors (Lipinski definition) is 2. The zero-order valence-corrected chi connectivity index (χ0v) is 12.3. The fourth-order valence-corrected chi connectivity index (χ4v) is 5.48. The van der Waals surface area contributed by atoms with Crippen LogP contribution >= 0.6 is 0 Å². The minimum absolute atomic E-state index is 0.0956. The highest BCUT2D eigenvalue weighted by molar-refractivity contribution is 5.11. The Labute approximate surface area is 119 Å². The standard InChI is InChI=1S/C16H25N3O/c1-10(9-17)14-5-15(20)19(18-14)16-6-11-2-12(7-16)4-13(3-11)8-16/h5,10-13,18H,2-4,6-9,17H2,1H3. The third kappa shape index (κ3) is 1.73. The maximum Gasteiger partial charge on any atom is 0.267 e. The smallest absolute Gasteiger partial charge is 0.267 e. The van der Waals surface area contributed by atoms with Gasteiger partial charge in [-0.15, -0.1) is 0 Å². The molecule has 1 unspecified atom stereocenters. The van der Waals surface area contributed by atoms with Crippen molar-refractivity contribution in [2.75, 3.05) is 6.54 Å². The van der Waals surface area contributed by atoms with Crippen LogP contribution in [0.2, 0.25) is 0 Å². The summed E-state index contributed by atoms with van der Waals surface area (Å²) >= 11 is 0. The molecular formula is C16H25N3O. The van der Waals surface area contributed by atoms with Crippen molar-refractivity contribution in [3.05, 3.63) is 22.1 Å². The highest BCUT2D eigenvalue weighted by Gasteiger charge is 2.52. The Bertz CT molecular complexity index is 535. The number of hydrogen-bond acceptors (Lipinski definition) is 2. The second-order valence-corrected chi connectivity index (χ2v) is 7.66. The average molecular weight is 275 g/mol. The number of nitrogens with zero attached hydrogens (tertiary/aromatic N) is 1. The van der Waals surface area contributed by atoms with Crippen molar-refractivity contribution >= 4 is 0 Å². The van der Waals surface area contributed by atoms with E-state index in [-0.39, 0.29) is 17.0 Å². The van der Waals surface area contributed by atoms with Crippen molar-refractivity contribution in [2.24, 2.45) is 23.5 Å². The molecule has 1 aromatic rings. The summed E-state index contributed by atoms with van der Waals surface area (Å²) in [4.78, 5) is 12.5. The van der Waals surface area contributed by atoms with Gasteiger partial charge < -0.3 is 5.73 Å². The van der Waals surface area contributed by atoms with Gasteiger partial charge in [0.05, 0.1) is 5.54 Å². The number of nitrogens with two attached hydrogens (primary N) is 1. The number of nitrogens with one attached hydrogen (secondary N) is 1. The number of rotatable bonds is 3. The molecule has 4 bridgehead atoms. The van der Waals surface area contributed by atoms with Crippen LogP contribution in [-0.4, -0.2) is 16.3 Å². The first-order valence-corrected chi connectivity index (χ1v) is 8.12. The van der Waals surface area contributed by atoms with Crippen LogP contribution in [0.4, 0.5) is 0 Å². The second-order valence-electron chi connectivity index (χ2n) is 7.66. The van der Waals surface area contributed by atoms with Crippen LogP contribution < -0.4 is 11.3 Å². The zero-order chi connectivity index (χ0) is 13.9. The maximum atomic E-state index is 12.5. The highest BCUT2D eigenvalue weighted by atomic mass is 16.1. The lowest BCUT2D eigenvalue weighted by Crippen LogP contribution is -2.54. The van der Waals surface area contributed by atoms with E-state index in [4.69, 9.17) is 5.73 Å². The lowest BCUT2D eigenvalue weighted by Gasteiger charge is -2.56. The summed E-state index contributed by atoms with van der Waals surface area (Å²) in [6.07, 6.45) is 7.82. The van der Waals surface area contributed by atoms with E-state index in [0.29, 0.717) is 6.54 Å². The summed E-state index contributed by atoms with van der Waals surface area (Å²) in [7, 11) is 0. The summed E-state index contributed by atoms with van der Waals surface area (Å²) in [5.41, 5.74) is 7.00. The molecule has 4 heteroatoms. The Balaban J connectivity index is 1.74. The van der Waals surface area contributed by atoms with Crippen molar-refractivity contribution in [1.82, 2.24) is 9.78 Å². The molecule has 0 radical (unpaired) electrons. The minimum atomic E-state index is 0.0956. The SMILES string of the molecule is CC(CN)c1cc(=O)n(C23CC4CC(CC(C4)C2)C3)[nH]1. The third-order valence-corrected chi connectivity index (χ3v) is 6.10. The Morgan fingerprint density at radius 1 is 1.30 bits per heavy atom. The lowest BCUT2D eigenvalue weighted by atomic mass is 9.53. The lowest BCUT2D eigenvalue weighted by molar-refractivity contribution is -0.0512. The van der Waals surface area contributed by atoms with Gasteiger partial charge in [-0.1, -0.05) is 6.92 Å². The Hall–Kier alpha value is -1.03. The van der Waals surface area contributed by atoms with Crippen molar-refractivity contribution in [3.63, 3.8) is 0 Å². The van der Waals surface area contributed by atoms with Gasteiger partial charge in [-0.05, 0) is 56.3 Å². The van der Waals surface area contributed by atoms with Crippen LogP contribution in [0.5, 0.6) is 0 Å². The van der Waals surface area contributed by atoms with Gasteiger partial charge in [0.1, 0.15) is 0 Å². The predicted molar refractivity (Wildman–Crippen MR) is 78.7 cm³/mol. The maximum absolute atomic E-state index is 12.5. The van der Waals surface area contributed by atoms with Gasteiger partial charge in [0.25, 0.3) is 5.56 Å². The van der Waals surface area contributed by atoms with Crippen molar-refractivity contribution in [1.29, 1.82) is 0 Å². The molecule has 20 heavy (non-hydrogen) atoms. The van der Waals surface area contributed by atoms with Crippen molar-refractivity contribution in [3.8, 4) is 0 Å². The summed E-state index contributed by atoms with van der Waals surface area (Å²) in [5.74, 6) is 2.79. The van der Waals surface area contributed by atoms with Gasteiger partial charge in [0, 0.05) is 24.2 Å². The highest BCUT2D eigenvalue weighted by Crippen LogP contribution is 2.58. The molecule has 1 heterocycles. The Morgan fingerprint density at radius 3 is 2.35 bits per heavy atom. The van der Waals surface area contributed by atoms with Gasteiger partial charge in [-0.2, -0.15) is 0 Å². The van der Waals surface area contributed by atoms with E-state index in [1.807, 2.05) is 4.68 Å².